The first-order valence-electron chi connectivity index (χ1n) is 8.22. The van der Waals surface area contributed by atoms with Gasteiger partial charge in [0.05, 0.1) is 26.0 Å². The van der Waals surface area contributed by atoms with E-state index in [1.165, 1.54) is 7.11 Å². The number of hydrogen-bond donors (Lipinski definition) is 3. The molecule has 3 rings (SSSR count). The van der Waals surface area contributed by atoms with E-state index in [9.17, 15) is 23.8 Å². The van der Waals surface area contributed by atoms with Gasteiger partial charge in [-0.1, -0.05) is 12.1 Å². The maximum atomic E-state index is 13.9. The van der Waals surface area contributed by atoms with Crippen LogP contribution in [0, 0.1) is 11.6 Å². The molecule has 0 saturated heterocycles. The van der Waals surface area contributed by atoms with Gasteiger partial charge in [-0.05, 0) is 29.8 Å². The number of carbonyl (C=O) groups is 1. The van der Waals surface area contributed by atoms with Gasteiger partial charge >= 0.3 is 0 Å². The van der Waals surface area contributed by atoms with Gasteiger partial charge in [-0.15, -0.1) is 0 Å². The number of aromatic nitrogens is 2. The van der Waals surface area contributed by atoms with Crippen LogP contribution in [0.2, 0.25) is 0 Å². The number of aliphatic hydroxyl groups is 1. The van der Waals surface area contributed by atoms with Crippen LogP contribution in [0.4, 0.5) is 8.78 Å². The third-order valence-corrected chi connectivity index (χ3v) is 4.05. The van der Waals surface area contributed by atoms with Crippen molar-refractivity contribution in [2.45, 2.75) is 6.04 Å². The highest BCUT2D eigenvalue weighted by Gasteiger charge is 2.22. The third-order valence-electron chi connectivity index (χ3n) is 4.05. The minimum Gasteiger partial charge on any atom is -0.504 e. The molecule has 9 heteroatoms. The fraction of sp³-hybridized carbons (Fsp3) is 0.158. The van der Waals surface area contributed by atoms with Crippen LogP contribution in [-0.4, -0.2) is 39.6 Å². The number of aromatic hydroxyl groups is 1. The Morgan fingerprint density at radius 2 is 2.07 bits per heavy atom. The summed E-state index contributed by atoms with van der Waals surface area (Å²) in [6, 6.07) is 8.79. The maximum Gasteiger partial charge on any atom is 0.276 e. The lowest BCUT2D eigenvalue weighted by Gasteiger charge is -2.16. The highest BCUT2D eigenvalue weighted by atomic mass is 19.1. The molecule has 1 aromatic heterocycles. The van der Waals surface area contributed by atoms with Gasteiger partial charge in [0, 0.05) is 6.07 Å². The second-order valence-corrected chi connectivity index (χ2v) is 5.89. The summed E-state index contributed by atoms with van der Waals surface area (Å²) < 4.78 is 33.0. The number of nitrogens with one attached hydrogen (secondary N) is 1. The van der Waals surface area contributed by atoms with Crippen molar-refractivity contribution in [2.75, 3.05) is 13.7 Å². The van der Waals surface area contributed by atoms with Crippen molar-refractivity contribution >= 4 is 5.91 Å². The topological polar surface area (TPSA) is 96.6 Å². The monoisotopic (exact) mass is 389 g/mol. The number of benzene rings is 2. The zero-order valence-electron chi connectivity index (χ0n) is 14.8. The largest absolute Gasteiger partial charge is 0.504 e. The number of rotatable bonds is 6. The Labute approximate surface area is 158 Å². The van der Waals surface area contributed by atoms with E-state index >= 15 is 0 Å². The molecule has 0 bridgehead atoms. The average molecular weight is 389 g/mol. The predicted molar refractivity (Wildman–Crippen MR) is 95.4 cm³/mol. The molecule has 28 heavy (non-hydrogen) atoms. The van der Waals surface area contributed by atoms with Crippen LogP contribution in [0.25, 0.3) is 5.69 Å². The molecule has 1 amide bonds. The minimum absolute atomic E-state index is 0.137. The fourth-order valence-electron chi connectivity index (χ4n) is 2.64. The van der Waals surface area contributed by atoms with Gasteiger partial charge in [-0.2, -0.15) is 5.10 Å². The normalized spacial score (nSPS) is 11.9. The van der Waals surface area contributed by atoms with Gasteiger partial charge in [0.2, 0.25) is 0 Å². The molecule has 3 aromatic rings. The van der Waals surface area contributed by atoms with Gasteiger partial charge in [-0.25, -0.2) is 13.5 Å². The zero-order valence-corrected chi connectivity index (χ0v) is 14.8. The molecule has 0 aliphatic heterocycles. The summed E-state index contributed by atoms with van der Waals surface area (Å²) >= 11 is 0. The summed E-state index contributed by atoms with van der Waals surface area (Å²) in [6.07, 6.45) is 1.03. The molecule has 0 saturated carbocycles. The Bertz CT molecular complexity index is 1010. The predicted octanol–water partition coefficient (Wildman–Crippen LogP) is 2.33. The fourth-order valence-corrected chi connectivity index (χ4v) is 2.64. The molecular formula is C19H17F2N3O4. The average Bonchev–Trinajstić information content (AvgIpc) is 3.07. The summed E-state index contributed by atoms with van der Waals surface area (Å²) in [7, 11) is 1.49. The molecular weight excluding hydrogens is 372 g/mol. The molecule has 1 heterocycles. The van der Waals surface area contributed by atoms with Crippen LogP contribution >= 0.6 is 0 Å². The molecule has 0 unspecified atom stereocenters. The van der Waals surface area contributed by atoms with Crippen molar-refractivity contribution in [3.05, 3.63) is 71.6 Å². The van der Waals surface area contributed by atoms with E-state index in [2.05, 4.69) is 10.4 Å². The Balaban J connectivity index is 1.85. The van der Waals surface area contributed by atoms with E-state index in [-0.39, 0.29) is 11.4 Å². The van der Waals surface area contributed by atoms with Gasteiger partial charge < -0.3 is 20.3 Å². The third kappa shape index (κ3) is 3.94. The first kappa shape index (κ1) is 19.3. The van der Waals surface area contributed by atoms with E-state index in [0.717, 1.165) is 23.0 Å². The maximum absolute atomic E-state index is 13.9. The number of nitrogens with zero attached hydrogens (tertiary/aromatic N) is 2. The number of methoxy groups -OCH3 is 1. The van der Waals surface area contributed by atoms with Crippen molar-refractivity contribution in [1.82, 2.24) is 15.1 Å². The van der Waals surface area contributed by atoms with E-state index in [1.807, 2.05) is 0 Å². The summed E-state index contributed by atoms with van der Waals surface area (Å²) in [5.41, 5.74) is 0.0750. The lowest BCUT2D eigenvalue weighted by atomic mass is 10.1. The van der Waals surface area contributed by atoms with Gasteiger partial charge in [-0.3, -0.25) is 4.79 Å². The van der Waals surface area contributed by atoms with Crippen molar-refractivity contribution < 1.29 is 28.5 Å². The number of ether oxygens (including phenoxy) is 1. The Morgan fingerprint density at radius 3 is 2.75 bits per heavy atom. The molecule has 0 fully saturated rings. The molecule has 2 aromatic carbocycles. The molecule has 146 valence electrons. The Hall–Kier alpha value is -3.46. The molecule has 0 spiro atoms. The Morgan fingerprint density at radius 1 is 1.29 bits per heavy atom. The number of hydrogen-bond acceptors (Lipinski definition) is 5. The number of amides is 1. The number of carbonyl (C=O) groups excluding carboxylic acids is 1. The van der Waals surface area contributed by atoms with Gasteiger partial charge in [0.15, 0.2) is 17.3 Å². The summed E-state index contributed by atoms with van der Waals surface area (Å²) in [5.74, 6) is -2.40. The highest BCUT2D eigenvalue weighted by Crippen LogP contribution is 2.23. The van der Waals surface area contributed by atoms with Crippen LogP contribution in [0.5, 0.6) is 11.5 Å². The second-order valence-electron chi connectivity index (χ2n) is 5.89. The van der Waals surface area contributed by atoms with Crippen LogP contribution in [0.1, 0.15) is 22.1 Å². The van der Waals surface area contributed by atoms with Crippen molar-refractivity contribution in [1.29, 1.82) is 0 Å². The molecule has 0 radical (unpaired) electrons. The standard InChI is InChI=1S/C19H17F2N3O4/c1-28-13-4-2-3-11(7-13)15(10-25)22-19(27)18-17(26)9-24(23-18)16-6-5-12(20)8-14(16)21/h2-9,15,25-26H,10H2,1H3,(H,22,27)/t15-/m0/s1. The van der Waals surface area contributed by atoms with Crippen LogP contribution in [0.3, 0.4) is 0 Å². The van der Waals surface area contributed by atoms with Gasteiger partial charge in [0.25, 0.3) is 5.91 Å². The van der Waals surface area contributed by atoms with E-state index in [4.69, 9.17) is 4.74 Å². The summed E-state index contributed by atoms with van der Waals surface area (Å²) in [4.78, 5) is 12.5. The van der Waals surface area contributed by atoms with Crippen LogP contribution in [-0.2, 0) is 0 Å². The van der Waals surface area contributed by atoms with Crippen LogP contribution in [0.15, 0.2) is 48.7 Å². The number of halogens is 2. The quantitative estimate of drug-likeness (QED) is 0.601. The minimum atomic E-state index is -0.904. The van der Waals surface area contributed by atoms with Crippen molar-refractivity contribution in [3.8, 4) is 17.2 Å². The second kappa shape index (κ2) is 8.05. The van der Waals surface area contributed by atoms with Gasteiger partial charge in [0.1, 0.15) is 17.3 Å². The van der Waals surface area contributed by atoms with Crippen molar-refractivity contribution in [2.24, 2.45) is 0 Å². The number of aliphatic hydroxyl groups excluding tert-OH is 1. The molecule has 3 N–H and O–H groups in total. The zero-order chi connectivity index (χ0) is 20.3. The lowest BCUT2D eigenvalue weighted by Crippen LogP contribution is -2.31. The molecule has 0 aliphatic carbocycles. The first-order valence-corrected chi connectivity index (χ1v) is 8.22. The summed E-state index contributed by atoms with van der Waals surface area (Å²) in [5, 5.41) is 26.1. The van der Waals surface area contributed by atoms with E-state index in [1.54, 1.807) is 24.3 Å². The van der Waals surface area contributed by atoms with E-state index < -0.39 is 35.9 Å². The first-order chi connectivity index (χ1) is 13.4. The SMILES string of the molecule is COc1cccc([C@H](CO)NC(=O)c2nn(-c3ccc(F)cc3F)cc2O)c1. The summed E-state index contributed by atoms with van der Waals surface area (Å²) in [6.45, 7) is -0.410. The lowest BCUT2D eigenvalue weighted by molar-refractivity contribution is 0.0908. The van der Waals surface area contributed by atoms with E-state index in [0.29, 0.717) is 17.4 Å². The van der Waals surface area contributed by atoms with Crippen molar-refractivity contribution in [3.63, 3.8) is 0 Å². The smallest absolute Gasteiger partial charge is 0.276 e. The molecule has 1 atom stereocenters. The Kier molecular flexibility index (Phi) is 5.55. The highest BCUT2D eigenvalue weighted by molar-refractivity contribution is 5.95. The molecule has 7 nitrogen and oxygen atoms in total. The molecule has 0 aliphatic rings. The van der Waals surface area contributed by atoms with Crippen LogP contribution < -0.4 is 10.1 Å².